The second-order valence-electron chi connectivity index (χ2n) is 3.47. The Bertz CT molecular complexity index is 487. The number of hydrogen-bond donors (Lipinski definition) is 2. The highest BCUT2D eigenvalue weighted by molar-refractivity contribution is 5.61. The molecule has 2 aromatic rings. The molecule has 0 fully saturated rings. The van der Waals surface area contributed by atoms with Crippen LogP contribution in [0.25, 0.3) is 11.3 Å². The van der Waals surface area contributed by atoms with Gasteiger partial charge in [0.05, 0.1) is 0 Å². The third-order valence-electron chi connectivity index (χ3n) is 2.31. The van der Waals surface area contributed by atoms with E-state index in [1.54, 1.807) is 18.5 Å². The Balaban J connectivity index is 2.51. The van der Waals surface area contributed by atoms with Crippen molar-refractivity contribution in [2.75, 3.05) is 6.54 Å². The zero-order valence-electron chi connectivity index (χ0n) is 8.71. The molecule has 17 heavy (non-hydrogen) atoms. The number of hydrogen-bond acceptors (Lipinski definition) is 3. The van der Waals surface area contributed by atoms with Crippen LogP contribution in [-0.2, 0) is 12.6 Å². The standard InChI is InChI=1S/C10H10F3N3O/c11-10(12,13)9-7(1-3-14)8(17-16-9)6-2-4-15-5-6/h2,4-5,15H,1,3,14H2. The summed E-state index contributed by atoms with van der Waals surface area (Å²) in [5.74, 6) is 0.115. The van der Waals surface area contributed by atoms with Crippen molar-refractivity contribution in [2.24, 2.45) is 5.73 Å². The molecule has 0 aromatic carbocycles. The molecule has 2 heterocycles. The van der Waals surface area contributed by atoms with Crippen LogP contribution < -0.4 is 5.73 Å². The van der Waals surface area contributed by atoms with Crippen LogP contribution in [0, 0.1) is 0 Å². The molecule has 0 saturated carbocycles. The van der Waals surface area contributed by atoms with E-state index in [4.69, 9.17) is 10.3 Å². The van der Waals surface area contributed by atoms with Crippen LogP contribution in [0.1, 0.15) is 11.3 Å². The highest BCUT2D eigenvalue weighted by atomic mass is 19.4. The molecule has 0 atom stereocenters. The van der Waals surface area contributed by atoms with Crippen molar-refractivity contribution >= 4 is 0 Å². The summed E-state index contributed by atoms with van der Waals surface area (Å²) in [5.41, 5.74) is 4.83. The number of nitrogens with one attached hydrogen (secondary N) is 1. The zero-order valence-corrected chi connectivity index (χ0v) is 8.71. The molecule has 4 nitrogen and oxygen atoms in total. The predicted octanol–water partition coefficient (Wildman–Crippen LogP) is 2.19. The highest BCUT2D eigenvalue weighted by Crippen LogP contribution is 2.36. The molecule has 0 spiro atoms. The third kappa shape index (κ3) is 2.19. The lowest BCUT2D eigenvalue weighted by atomic mass is 10.1. The average Bonchev–Trinajstić information content (AvgIpc) is 2.82. The van der Waals surface area contributed by atoms with Crippen molar-refractivity contribution in [3.05, 3.63) is 29.7 Å². The van der Waals surface area contributed by atoms with E-state index in [1.165, 1.54) is 0 Å². The summed E-state index contributed by atoms with van der Waals surface area (Å²) in [7, 11) is 0. The molecule has 3 N–H and O–H groups in total. The van der Waals surface area contributed by atoms with Crippen molar-refractivity contribution in [1.82, 2.24) is 10.1 Å². The summed E-state index contributed by atoms with van der Waals surface area (Å²) in [6.45, 7) is 0.0989. The quantitative estimate of drug-likeness (QED) is 0.870. The number of halogens is 3. The van der Waals surface area contributed by atoms with Gasteiger partial charge >= 0.3 is 6.18 Å². The summed E-state index contributed by atoms with van der Waals surface area (Å²) >= 11 is 0. The van der Waals surface area contributed by atoms with E-state index in [0.717, 1.165) is 0 Å². The fourth-order valence-electron chi connectivity index (χ4n) is 1.60. The van der Waals surface area contributed by atoms with Gasteiger partial charge in [-0.3, -0.25) is 0 Å². The van der Waals surface area contributed by atoms with E-state index >= 15 is 0 Å². The first-order valence-corrected chi connectivity index (χ1v) is 4.93. The minimum Gasteiger partial charge on any atom is -0.367 e. The molecule has 2 aromatic heterocycles. The van der Waals surface area contributed by atoms with Gasteiger partial charge in [-0.1, -0.05) is 5.16 Å². The van der Waals surface area contributed by atoms with E-state index in [1.807, 2.05) is 0 Å². The number of nitrogens with two attached hydrogens (primary N) is 1. The number of aromatic nitrogens is 2. The van der Waals surface area contributed by atoms with Crippen LogP contribution in [0.3, 0.4) is 0 Å². The Kier molecular flexibility index (Phi) is 2.93. The van der Waals surface area contributed by atoms with E-state index in [-0.39, 0.29) is 24.3 Å². The van der Waals surface area contributed by atoms with Gasteiger partial charge in [-0.05, 0) is 19.0 Å². The van der Waals surface area contributed by atoms with Crippen molar-refractivity contribution in [2.45, 2.75) is 12.6 Å². The largest absolute Gasteiger partial charge is 0.437 e. The van der Waals surface area contributed by atoms with Gasteiger partial charge in [0.2, 0.25) is 0 Å². The molecule has 0 aliphatic carbocycles. The van der Waals surface area contributed by atoms with Gasteiger partial charge in [0.15, 0.2) is 11.5 Å². The highest BCUT2D eigenvalue weighted by Gasteiger charge is 2.39. The van der Waals surface area contributed by atoms with E-state index < -0.39 is 11.9 Å². The molecule has 0 bridgehead atoms. The molecule has 2 rings (SSSR count). The van der Waals surface area contributed by atoms with Crippen molar-refractivity contribution < 1.29 is 17.7 Å². The molecule has 0 saturated heterocycles. The zero-order chi connectivity index (χ0) is 12.5. The van der Waals surface area contributed by atoms with Gasteiger partial charge in [-0.25, -0.2) is 0 Å². The monoisotopic (exact) mass is 245 g/mol. The maximum atomic E-state index is 12.7. The maximum Gasteiger partial charge on any atom is 0.437 e. The van der Waals surface area contributed by atoms with E-state index in [9.17, 15) is 13.2 Å². The van der Waals surface area contributed by atoms with Crippen molar-refractivity contribution in [3.8, 4) is 11.3 Å². The van der Waals surface area contributed by atoms with Crippen molar-refractivity contribution in [1.29, 1.82) is 0 Å². The first-order chi connectivity index (χ1) is 8.04. The molecular formula is C10H10F3N3O. The predicted molar refractivity (Wildman–Crippen MR) is 54.1 cm³/mol. The first kappa shape index (κ1) is 11.7. The number of aromatic amines is 1. The lowest BCUT2D eigenvalue weighted by molar-refractivity contribution is -0.143. The van der Waals surface area contributed by atoms with Crippen molar-refractivity contribution in [3.63, 3.8) is 0 Å². The Morgan fingerprint density at radius 3 is 2.71 bits per heavy atom. The molecule has 0 aliphatic rings. The second-order valence-corrected chi connectivity index (χ2v) is 3.47. The van der Waals surface area contributed by atoms with Crippen LogP contribution in [0.15, 0.2) is 23.0 Å². The summed E-state index contributed by atoms with van der Waals surface area (Å²) in [6, 6.07) is 1.61. The number of nitrogens with zero attached hydrogens (tertiary/aromatic N) is 1. The van der Waals surface area contributed by atoms with E-state index in [0.29, 0.717) is 5.56 Å². The normalized spacial score (nSPS) is 12.0. The minimum atomic E-state index is -4.53. The maximum absolute atomic E-state index is 12.7. The molecule has 7 heteroatoms. The molecule has 0 amide bonds. The fourth-order valence-corrected chi connectivity index (χ4v) is 1.60. The molecule has 92 valence electrons. The van der Waals surface area contributed by atoms with Crippen LogP contribution in [0.4, 0.5) is 13.2 Å². The topological polar surface area (TPSA) is 67.8 Å². The van der Waals surface area contributed by atoms with E-state index in [2.05, 4.69) is 10.1 Å². The first-order valence-electron chi connectivity index (χ1n) is 4.93. The van der Waals surface area contributed by atoms with Gasteiger partial charge in [0.25, 0.3) is 0 Å². The summed E-state index contributed by atoms with van der Waals surface area (Å²) in [5, 5.41) is 3.09. The summed E-state index contributed by atoms with van der Waals surface area (Å²) < 4.78 is 42.7. The summed E-state index contributed by atoms with van der Waals surface area (Å²) in [6.07, 6.45) is -1.32. The molecule has 0 aliphatic heterocycles. The summed E-state index contributed by atoms with van der Waals surface area (Å²) in [4.78, 5) is 2.75. The van der Waals surface area contributed by atoms with Gasteiger partial charge < -0.3 is 15.2 Å². The Labute approximate surface area is 94.6 Å². The number of rotatable bonds is 3. The third-order valence-corrected chi connectivity index (χ3v) is 2.31. The van der Waals surface area contributed by atoms with Gasteiger partial charge in [-0.15, -0.1) is 0 Å². The Morgan fingerprint density at radius 2 is 2.18 bits per heavy atom. The minimum absolute atomic E-state index is 0.000370. The molecule has 0 radical (unpaired) electrons. The van der Waals surface area contributed by atoms with Gasteiger partial charge in [-0.2, -0.15) is 13.2 Å². The number of alkyl halides is 3. The SMILES string of the molecule is NCCc1c(C(F)(F)F)noc1-c1cc[nH]c1. The second kappa shape index (κ2) is 4.25. The lowest BCUT2D eigenvalue weighted by Crippen LogP contribution is -2.12. The molecule has 0 unspecified atom stereocenters. The van der Waals surface area contributed by atoms with Gasteiger partial charge in [0, 0.05) is 23.5 Å². The smallest absolute Gasteiger partial charge is 0.367 e. The Hall–Kier alpha value is -1.76. The van der Waals surface area contributed by atoms with Crippen LogP contribution >= 0.6 is 0 Å². The van der Waals surface area contributed by atoms with Crippen LogP contribution in [0.5, 0.6) is 0 Å². The van der Waals surface area contributed by atoms with Crippen LogP contribution in [0.2, 0.25) is 0 Å². The Morgan fingerprint density at radius 1 is 1.41 bits per heavy atom. The fraction of sp³-hybridized carbons (Fsp3) is 0.300. The average molecular weight is 245 g/mol. The van der Waals surface area contributed by atoms with Crippen LogP contribution in [-0.4, -0.2) is 16.7 Å². The molecular weight excluding hydrogens is 235 g/mol. The lowest BCUT2D eigenvalue weighted by Gasteiger charge is -2.04. The number of H-pyrrole nitrogens is 1. The van der Waals surface area contributed by atoms with Gasteiger partial charge in [0.1, 0.15) is 0 Å².